The average molecular weight is 261 g/mol. The van der Waals surface area contributed by atoms with Crippen molar-refractivity contribution in [3.8, 4) is 0 Å². The fourth-order valence-electron chi connectivity index (χ4n) is 2.38. The predicted octanol–water partition coefficient (Wildman–Crippen LogP) is 2.57. The smallest absolute Gasteiger partial charge is 0.253 e. The van der Waals surface area contributed by atoms with Gasteiger partial charge < -0.3 is 16.0 Å². The summed E-state index contributed by atoms with van der Waals surface area (Å²) in [5.74, 6) is 0.729. The number of carbonyl (C=O) groups is 1. The third-order valence-electron chi connectivity index (χ3n) is 3.95. The number of nitrogens with one attached hydrogen (secondary N) is 1. The standard InChI is InChI=1S/C15H23N3O/c1-10(11-5-4-6-11)17-14-9-12(7-8-13(14)16)15(19)18(2)3/h7-11,17H,4-6,16H2,1-3H3. The third-order valence-corrected chi connectivity index (χ3v) is 3.95. The van der Waals surface area contributed by atoms with Crippen LogP contribution in [0.25, 0.3) is 0 Å². The Balaban J connectivity index is 2.14. The maximum atomic E-state index is 12.0. The minimum absolute atomic E-state index is 0.000604. The molecule has 1 aliphatic carbocycles. The van der Waals surface area contributed by atoms with E-state index in [1.807, 2.05) is 6.07 Å². The van der Waals surface area contributed by atoms with Crippen molar-refractivity contribution in [2.75, 3.05) is 25.1 Å². The molecule has 1 fully saturated rings. The van der Waals surface area contributed by atoms with Gasteiger partial charge in [-0.25, -0.2) is 0 Å². The van der Waals surface area contributed by atoms with E-state index in [4.69, 9.17) is 5.73 Å². The Bertz CT molecular complexity index is 466. The first kappa shape index (κ1) is 13.7. The normalized spacial score (nSPS) is 16.6. The Morgan fingerprint density at radius 1 is 1.42 bits per heavy atom. The third kappa shape index (κ3) is 3.00. The largest absolute Gasteiger partial charge is 0.397 e. The molecule has 1 aromatic carbocycles. The van der Waals surface area contributed by atoms with E-state index in [9.17, 15) is 4.79 Å². The fourth-order valence-corrected chi connectivity index (χ4v) is 2.38. The molecule has 0 bridgehead atoms. The molecule has 0 saturated heterocycles. The lowest BCUT2D eigenvalue weighted by Gasteiger charge is -2.33. The van der Waals surface area contributed by atoms with Gasteiger partial charge in [-0.1, -0.05) is 6.42 Å². The number of hydrogen-bond acceptors (Lipinski definition) is 3. The summed E-state index contributed by atoms with van der Waals surface area (Å²) in [6.45, 7) is 2.18. The molecule has 2 rings (SSSR count). The minimum Gasteiger partial charge on any atom is -0.397 e. The monoisotopic (exact) mass is 261 g/mol. The highest BCUT2D eigenvalue weighted by Gasteiger charge is 2.24. The molecule has 0 spiro atoms. The van der Waals surface area contributed by atoms with Gasteiger partial charge in [0.2, 0.25) is 0 Å². The summed E-state index contributed by atoms with van der Waals surface area (Å²) >= 11 is 0. The molecule has 19 heavy (non-hydrogen) atoms. The van der Waals surface area contributed by atoms with Gasteiger partial charge in [-0.3, -0.25) is 4.79 Å². The molecule has 1 aliphatic rings. The summed E-state index contributed by atoms with van der Waals surface area (Å²) in [6, 6.07) is 5.83. The summed E-state index contributed by atoms with van der Waals surface area (Å²) in [7, 11) is 3.51. The number of nitrogen functional groups attached to an aromatic ring is 1. The maximum Gasteiger partial charge on any atom is 0.253 e. The van der Waals surface area contributed by atoms with Crippen molar-refractivity contribution in [3.05, 3.63) is 23.8 Å². The Hall–Kier alpha value is -1.71. The van der Waals surface area contributed by atoms with Crippen LogP contribution in [0.15, 0.2) is 18.2 Å². The number of hydrogen-bond donors (Lipinski definition) is 2. The second-order valence-corrected chi connectivity index (χ2v) is 5.63. The molecule has 0 radical (unpaired) electrons. The molecule has 0 heterocycles. The van der Waals surface area contributed by atoms with Gasteiger partial charge in [-0.05, 0) is 43.9 Å². The molecule has 4 nitrogen and oxygen atoms in total. The van der Waals surface area contributed by atoms with Crippen LogP contribution >= 0.6 is 0 Å². The van der Waals surface area contributed by atoms with Crippen LogP contribution < -0.4 is 11.1 Å². The lowest BCUT2D eigenvalue weighted by atomic mass is 9.80. The molecule has 1 saturated carbocycles. The molecule has 0 aromatic heterocycles. The SMILES string of the molecule is CC(Nc1cc(C(=O)N(C)C)ccc1N)C1CCC1. The van der Waals surface area contributed by atoms with Crippen LogP contribution in [-0.2, 0) is 0 Å². The molecular formula is C15H23N3O. The molecular weight excluding hydrogens is 238 g/mol. The van der Waals surface area contributed by atoms with Crippen molar-refractivity contribution in [1.82, 2.24) is 4.90 Å². The van der Waals surface area contributed by atoms with E-state index in [1.165, 1.54) is 19.3 Å². The van der Waals surface area contributed by atoms with Crippen molar-refractivity contribution >= 4 is 17.3 Å². The van der Waals surface area contributed by atoms with Crippen molar-refractivity contribution in [2.24, 2.45) is 5.92 Å². The van der Waals surface area contributed by atoms with Gasteiger partial charge in [-0.2, -0.15) is 0 Å². The number of rotatable bonds is 4. The van der Waals surface area contributed by atoms with Crippen LogP contribution in [-0.4, -0.2) is 30.9 Å². The van der Waals surface area contributed by atoms with E-state index >= 15 is 0 Å². The molecule has 1 amide bonds. The summed E-state index contributed by atoms with van der Waals surface area (Å²) in [6.07, 6.45) is 3.89. The predicted molar refractivity (Wildman–Crippen MR) is 79.3 cm³/mol. The molecule has 3 N–H and O–H groups in total. The van der Waals surface area contributed by atoms with E-state index in [0.717, 1.165) is 11.6 Å². The number of amides is 1. The highest BCUT2D eigenvalue weighted by atomic mass is 16.2. The Kier molecular flexibility index (Phi) is 3.98. The van der Waals surface area contributed by atoms with Crippen LogP contribution in [0, 0.1) is 5.92 Å². The Labute approximate surface area is 115 Å². The zero-order chi connectivity index (χ0) is 14.0. The quantitative estimate of drug-likeness (QED) is 0.819. The molecule has 1 atom stereocenters. The second-order valence-electron chi connectivity index (χ2n) is 5.63. The van der Waals surface area contributed by atoms with E-state index in [0.29, 0.717) is 17.3 Å². The van der Waals surface area contributed by atoms with Crippen LogP contribution in [0.1, 0.15) is 36.5 Å². The van der Waals surface area contributed by atoms with Crippen LogP contribution in [0.4, 0.5) is 11.4 Å². The molecule has 0 aliphatic heterocycles. The lowest BCUT2D eigenvalue weighted by Crippen LogP contribution is -2.31. The second kappa shape index (κ2) is 5.51. The van der Waals surface area contributed by atoms with Gasteiger partial charge in [0.25, 0.3) is 5.91 Å². The van der Waals surface area contributed by atoms with Crippen LogP contribution in [0.3, 0.4) is 0 Å². The summed E-state index contributed by atoms with van der Waals surface area (Å²) in [5.41, 5.74) is 8.22. The number of nitrogens with two attached hydrogens (primary N) is 1. The minimum atomic E-state index is -0.000604. The number of benzene rings is 1. The Morgan fingerprint density at radius 2 is 2.11 bits per heavy atom. The summed E-state index contributed by atoms with van der Waals surface area (Å²) < 4.78 is 0. The Morgan fingerprint density at radius 3 is 2.63 bits per heavy atom. The summed E-state index contributed by atoms with van der Waals surface area (Å²) in [5, 5.41) is 3.45. The fraction of sp³-hybridized carbons (Fsp3) is 0.533. The van der Waals surface area contributed by atoms with E-state index in [2.05, 4.69) is 12.2 Å². The molecule has 104 valence electrons. The number of nitrogens with zero attached hydrogens (tertiary/aromatic N) is 1. The van der Waals surface area contributed by atoms with E-state index in [1.54, 1.807) is 31.1 Å². The molecule has 1 unspecified atom stereocenters. The van der Waals surface area contributed by atoms with Crippen LogP contribution in [0.5, 0.6) is 0 Å². The van der Waals surface area contributed by atoms with Crippen molar-refractivity contribution in [3.63, 3.8) is 0 Å². The first-order valence-corrected chi connectivity index (χ1v) is 6.86. The average Bonchev–Trinajstić information content (AvgIpc) is 2.28. The van der Waals surface area contributed by atoms with Crippen LogP contribution in [0.2, 0.25) is 0 Å². The van der Waals surface area contributed by atoms with Crippen molar-refractivity contribution in [2.45, 2.75) is 32.2 Å². The van der Waals surface area contributed by atoms with Gasteiger partial charge >= 0.3 is 0 Å². The lowest BCUT2D eigenvalue weighted by molar-refractivity contribution is 0.0827. The maximum absolute atomic E-state index is 12.0. The summed E-state index contributed by atoms with van der Waals surface area (Å²) in [4.78, 5) is 13.5. The topological polar surface area (TPSA) is 58.4 Å². The molecule has 1 aromatic rings. The van der Waals surface area contributed by atoms with Gasteiger partial charge in [0, 0.05) is 25.7 Å². The molecule has 4 heteroatoms. The first-order chi connectivity index (χ1) is 8.99. The number of anilines is 2. The zero-order valence-corrected chi connectivity index (χ0v) is 11.9. The van der Waals surface area contributed by atoms with Gasteiger partial charge in [-0.15, -0.1) is 0 Å². The number of carbonyl (C=O) groups excluding carboxylic acids is 1. The van der Waals surface area contributed by atoms with E-state index in [-0.39, 0.29) is 5.91 Å². The van der Waals surface area contributed by atoms with Gasteiger partial charge in [0.05, 0.1) is 11.4 Å². The van der Waals surface area contributed by atoms with E-state index < -0.39 is 0 Å². The highest BCUT2D eigenvalue weighted by Crippen LogP contribution is 2.32. The first-order valence-electron chi connectivity index (χ1n) is 6.86. The van der Waals surface area contributed by atoms with Gasteiger partial charge in [0.1, 0.15) is 0 Å². The van der Waals surface area contributed by atoms with Gasteiger partial charge in [0.15, 0.2) is 0 Å². The highest BCUT2D eigenvalue weighted by molar-refractivity contribution is 5.95. The zero-order valence-electron chi connectivity index (χ0n) is 11.9. The van der Waals surface area contributed by atoms with Crippen molar-refractivity contribution in [1.29, 1.82) is 0 Å². The van der Waals surface area contributed by atoms with Crippen molar-refractivity contribution < 1.29 is 4.79 Å².